The Balaban J connectivity index is 1.85. The fraction of sp³-hybridized carbons (Fsp3) is 0.200. The van der Waals surface area contributed by atoms with Crippen LogP contribution in [0, 0.1) is 0 Å². The zero-order valence-electron chi connectivity index (χ0n) is 14.8. The quantitative estimate of drug-likeness (QED) is 0.463. The van der Waals surface area contributed by atoms with E-state index in [1.807, 2.05) is 0 Å². The Hall–Kier alpha value is -2.64. The Labute approximate surface area is 153 Å². The molecule has 0 atom stereocenters. The van der Waals surface area contributed by atoms with E-state index < -0.39 is 0 Å². The van der Waals surface area contributed by atoms with Crippen LogP contribution in [0.3, 0.4) is 0 Å². The lowest BCUT2D eigenvalue weighted by Crippen LogP contribution is -2.04. The summed E-state index contributed by atoms with van der Waals surface area (Å²) in [5.41, 5.74) is 6.52. The fourth-order valence-corrected chi connectivity index (χ4v) is 4.47. The molecule has 0 saturated heterocycles. The van der Waals surface area contributed by atoms with E-state index in [0.29, 0.717) is 0 Å². The van der Waals surface area contributed by atoms with Gasteiger partial charge in [-0.2, -0.15) is 0 Å². The molecule has 0 fully saturated rings. The predicted octanol–water partition coefficient (Wildman–Crippen LogP) is 5.37. The summed E-state index contributed by atoms with van der Waals surface area (Å²) in [5.74, 6) is 0. The Bertz CT molecular complexity index is 1110. The first-order chi connectivity index (χ1) is 12.8. The highest BCUT2D eigenvalue weighted by Gasteiger charge is 2.15. The molecule has 0 radical (unpaired) electrons. The number of aliphatic hydroxyl groups is 1. The molecule has 128 valence electrons. The molecule has 4 aliphatic carbocycles. The largest absolute Gasteiger partial charge is 0.392 e. The van der Waals surface area contributed by atoms with E-state index in [1.165, 1.54) is 43.8 Å². The topological polar surface area (TPSA) is 20.2 Å². The van der Waals surface area contributed by atoms with Crippen molar-refractivity contribution in [3.05, 3.63) is 94.5 Å². The van der Waals surface area contributed by atoms with Crippen molar-refractivity contribution >= 4 is 21.5 Å². The van der Waals surface area contributed by atoms with E-state index in [-0.39, 0.29) is 6.61 Å². The minimum absolute atomic E-state index is 0.114. The third-order valence-corrected chi connectivity index (χ3v) is 5.85. The molecule has 4 aromatic carbocycles. The molecule has 1 heteroatoms. The zero-order chi connectivity index (χ0) is 17.5. The maximum absolute atomic E-state index is 10.0. The number of hydrogen-bond acceptors (Lipinski definition) is 1. The van der Waals surface area contributed by atoms with Gasteiger partial charge in [0.05, 0.1) is 6.61 Å². The summed E-state index contributed by atoms with van der Waals surface area (Å²) < 4.78 is 0. The third kappa shape index (κ3) is 2.51. The predicted molar refractivity (Wildman–Crippen MR) is 109 cm³/mol. The van der Waals surface area contributed by atoms with Gasteiger partial charge in [-0.05, 0) is 75.0 Å². The van der Waals surface area contributed by atoms with Crippen molar-refractivity contribution in [3.8, 4) is 0 Å². The number of aliphatic hydroxyl groups excluding tert-OH is 1. The summed E-state index contributed by atoms with van der Waals surface area (Å²) >= 11 is 0. The first-order valence-corrected chi connectivity index (χ1v) is 9.47. The highest BCUT2D eigenvalue weighted by Crippen LogP contribution is 2.34. The summed E-state index contributed by atoms with van der Waals surface area (Å²) in [6.07, 6.45) is 4.00. The Morgan fingerprint density at radius 2 is 1.42 bits per heavy atom. The van der Waals surface area contributed by atoms with Gasteiger partial charge in [0.1, 0.15) is 0 Å². The molecule has 4 bridgehead atoms. The van der Waals surface area contributed by atoms with Gasteiger partial charge in [0, 0.05) is 0 Å². The molecule has 26 heavy (non-hydrogen) atoms. The van der Waals surface area contributed by atoms with E-state index in [9.17, 15) is 5.11 Å². The van der Waals surface area contributed by atoms with Gasteiger partial charge in [-0.15, -0.1) is 0 Å². The van der Waals surface area contributed by atoms with Gasteiger partial charge in [0.2, 0.25) is 0 Å². The van der Waals surface area contributed by atoms with Crippen molar-refractivity contribution in [1.29, 1.82) is 0 Å². The van der Waals surface area contributed by atoms with Crippen LogP contribution in [0.4, 0.5) is 0 Å². The molecule has 0 unspecified atom stereocenters. The van der Waals surface area contributed by atoms with Gasteiger partial charge in [-0.1, -0.05) is 66.7 Å². The molecule has 1 nitrogen and oxygen atoms in total. The normalized spacial score (nSPS) is 13.9. The van der Waals surface area contributed by atoms with Crippen LogP contribution >= 0.6 is 0 Å². The lowest BCUT2D eigenvalue weighted by Gasteiger charge is -2.19. The van der Waals surface area contributed by atoms with Crippen LogP contribution in [0.15, 0.2) is 66.7 Å². The van der Waals surface area contributed by atoms with E-state index in [0.717, 1.165) is 31.2 Å². The average molecular weight is 338 g/mol. The highest BCUT2D eigenvalue weighted by molar-refractivity contribution is 6.10. The van der Waals surface area contributed by atoms with Crippen LogP contribution in [0.2, 0.25) is 0 Å². The molecular formula is C25H22O. The second-order valence-electron chi connectivity index (χ2n) is 7.36. The second-order valence-corrected chi connectivity index (χ2v) is 7.36. The van der Waals surface area contributed by atoms with Gasteiger partial charge >= 0.3 is 0 Å². The highest BCUT2D eigenvalue weighted by atomic mass is 16.3. The van der Waals surface area contributed by atoms with Crippen molar-refractivity contribution in [2.75, 3.05) is 0 Å². The van der Waals surface area contributed by atoms with Gasteiger partial charge in [0.15, 0.2) is 0 Å². The lowest BCUT2D eigenvalue weighted by atomic mass is 9.86. The monoisotopic (exact) mass is 338 g/mol. The molecule has 0 aromatic heterocycles. The fourth-order valence-electron chi connectivity index (χ4n) is 4.47. The van der Waals surface area contributed by atoms with E-state index in [1.54, 1.807) is 0 Å². The van der Waals surface area contributed by atoms with Crippen LogP contribution < -0.4 is 0 Å². The van der Waals surface area contributed by atoms with Crippen LogP contribution in [0.25, 0.3) is 21.5 Å². The standard InChI is InChI=1S/C25H22O/c26-16-21-15-20-11-9-17-5-7-18(8-6-17)10-13-22(21)24-14-12-19-3-1-2-4-23(19)25(20)24/h1-8,12,14-15,26H,9-11,13,16H2. The molecule has 8 rings (SSSR count). The molecule has 0 saturated carbocycles. The zero-order valence-corrected chi connectivity index (χ0v) is 14.8. The molecule has 4 aromatic rings. The third-order valence-electron chi connectivity index (χ3n) is 5.85. The summed E-state index contributed by atoms with van der Waals surface area (Å²) in [6.45, 7) is 0.114. The Kier molecular flexibility index (Phi) is 3.76. The number of fused-ring (bicyclic) bond motifs is 1. The van der Waals surface area contributed by atoms with Gasteiger partial charge in [-0.25, -0.2) is 0 Å². The summed E-state index contributed by atoms with van der Waals surface area (Å²) in [5, 5.41) is 15.4. The minimum Gasteiger partial charge on any atom is -0.392 e. The van der Waals surface area contributed by atoms with E-state index in [2.05, 4.69) is 66.7 Å². The summed E-state index contributed by atoms with van der Waals surface area (Å²) in [7, 11) is 0. The van der Waals surface area contributed by atoms with Gasteiger partial charge in [0.25, 0.3) is 0 Å². The molecule has 0 amide bonds. The minimum atomic E-state index is 0.114. The molecule has 0 heterocycles. The SMILES string of the molecule is OCc1cc2c3c(ccc4ccccc43)c1CCc1ccc(cc1)CC2. The van der Waals surface area contributed by atoms with E-state index >= 15 is 0 Å². The van der Waals surface area contributed by atoms with Crippen molar-refractivity contribution in [3.63, 3.8) is 0 Å². The molecule has 4 aliphatic rings. The maximum Gasteiger partial charge on any atom is 0.0684 e. The van der Waals surface area contributed by atoms with Crippen molar-refractivity contribution in [2.24, 2.45) is 0 Å². The summed E-state index contributed by atoms with van der Waals surface area (Å²) in [6, 6.07) is 24.5. The number of hydrogen-bond donors (Lipinski definition) is 1. The lowest BCUT2D eigenvalue weighted by molar-refractivity contribution is 0.280. The van der Waals surface area contributed by atoms with Crippen molar-refractivity contribution in [1.82, 2.24) is 0 Å². The average Bonchev–Trinajstić information content (AvgIpc) is 2.69. The van der Waals surface area contributed by atoms with E-state index in [4.69, 9.17) is 0 Å². The molecule has 0 aliphatic heterocycles. The maximum atomic E-state index is 10.0. The smallest absolute Gasteiger partial charge is 0.0684 e. The van der Waals surface area contributed by atoms with Crippen LogP contribution in [0.1, 0.15) is 27.8 Å². The van der Waals surface area contributed by atoms with Crippen molar-refractivity contribution in [2.45, 2.75) is 32.3 Å². The first kappa shape index (κ1) is 15.6. The summed E-state index contributed by atoms with van der Waals surface area (Å²) in [4.78, 5) is 0. The van der Waals surface area contributed by atoms with Gasteiger partial charge in [-0.3, -0.25) is 0 Å². The first-order valence-electron chi connectivity index (χ1n) is 9.47. The molecular weight excluding hydrogens is 316 g/mol. The number of rotatable bonds is 1. The Morgan fingerprint density at radius 3 is 2.19 bits per heavy atom. The van der Waals surface area contributed by atoms with Crippen molar-refractivity contribution < 1.29 is 5.11 Å². The van der Waals surface area contributed by atoms with Crippen LogP contribution in [0.5, 0.6) is 0 Å². The molecule has 0 spiro atoms. The Morgan fingerprint density at radius 1 is 0.692 bits per heavy atom. The second kappa shape index (κ2) is 6.26. The van der Waals surface area contributed by atoms with Crippen LogP contribution in [-0.4, -0.2) is 5.11 Å². The number of aryl methyl sites for hydroxylation is 4. The molecule has 1 N–H and O–H groups in total. The number of benzene rings is 4. The van der Waals surface area contributed by atoms with Crippen LogP contribution in [-0.2, 0) is 32.3 Å². The van der Waals surface area contributed by atoms with Gasteiger partial charge < -0.3 is 5.11 Å².